The maximum Gasteiger partial charge on any atom is 0.233 e. The molecule has 0 aromatic heterocycles. The molecule has 0 spiro atoms. The quantitative estimate of drug-likeness (QED) is 0.642. The number of nitrogens with zero attached hydrogens (tertiary/aromatic N) is 3. The van der Waals surface area contributed by atoms with Crippen LogP contribution in [0, 0.1) is 26.6 Å². The zero-order valence-corrected chi connectivity index (χ0v) is 19.7. The molecular formula is C24H29FN4OS. The van der Waals surface area contributed by atoms with Gasteiger partial charge in [-0.1, -0.05) is 19.1 Å². The Labute approximate surface area is 188 Å². The minimum absolute atomic E-state index is 0.0279. The van der Waals surface area contributed by atoms with Crippen molar-refractivity contribution in [3.63, 3.8) is 0 Å². The van der Waals surface area contributed by atoms with Crippen LogP contribution in [-0.2, 0) is 4.74 Å². The van der Waals surface area contributed by atoms with E-state index in [1.807, 2.05) is 26.8 Å². The molecular weight excluding hydrogens is 411 g/mol. The summed E-state index contributed by atoms with van der Waals surface area (Å²) in [6, 6.07) is 9.53. The second-order valence-electron chi connectivity index (χ2n) is 8.39. The predicted octanol–water partition coefficient (Wildman–Crippen LogP) is 5.43. The van der Waals surface area contributed by atoms with Crippen molar-refractivity contribution in [3.05, 3.63) is 70.9 Å². The average molecular weight is 441 g/mol. The number of hydrogen-bond donors (Lipinski definition) is 1. The van der Waals surface area contributed by atoms with E-state index in [-0.39, 0.29) is 23.9 Å². The van der Waals surface area contributed by atoms with Crippen molar-refractivity contribution in [2.45, 2.75) is 57.6 Å². The highest BCUT2D eigenvalue weighted by Gasteiger charge is 2.42. The van der Waals surface area contributed by atoms with E-state index in [1.165, 1.54) is 11.3 Å². The van der Waals surface area contributed by atoms with Crippen molar-refractivity contribution in [2.75, 3.05) is 11.9 Å². The lowest BCUT2D eigenvalue weighted by molar-refractivity contribution is 0.268. The van der Waals surface area contributed by atoms with E-state index >= 15 is 4.39 Å². The van der Waals surface area contributed by atoms with E-state index in [4.69, 9.17) is 4.74 Å². The minimum atomic E-state index is -0.307. The van der Waals surface area contributed by atoms with Crippen molar-refractivity contribution >= 4 is 23.5 Å². The topological polar surface area (TPSA) is 40.1 Å². The van der Waals surface area contributed by atoms with Gasteiger partial charge in [-0.2, -0.15) is 0 Å². The van der Waals surface area contributed by atoms with Gasteiger partial charge in [0.1, 0.15) is 11.9 Å². The zero-order valence-electron chi connectivity index (χ0n) is 18.9. The summed E-state index contributed by atoms with van der Waals surface area (Å²) in [5.41, 5.74) is 7.95. The van der Waals surface area contributed by atoms with E-state index in [2.05, 4.69) is 65.4 Å². The van der Waals surface area contributed by atoms with Crippen LogP contribution in [0.2, 0.25) is 0 Å². The molecule has 5 nitrogen and oxygen atoms in total. The lowest BCUT2D eigenvalue weighted by Crippen LogP contribution is -2.53. The van der Waals surface area contributed by atoms with E-state index in [0.717, 1.165) is 16.0 Å². The summed E-state index contributed by atoms with van der Waals surface area (Å²) in [7, 11) is 2.09. The molecule has 2 heterocycles. The van der Waals surface area contributed by atoms with E-state index in [0.29, 0.717) is 17.3 Å². The second kappa shape index (κ2) is 8.20. The van der Waals surface area contributed by atoms with Crippen LogP contribution in [0.5, 0.6) is 0 Å². The number of ether oxygens (including phenoxy) is 1. The predicted molar refractivity (Wildman–Crippen MR) is 126 cm³/mol. The van der Waals surface area contributed by atoms with Gasteiger partial charge in [-0.25, -0.2) is 14.1 Å². The summed E-state index contributed by atoms with van der Waals surface area (Å²) in [4.78, 5) is 3.39. The molecule has 1 N–H and O–H groups in total. The summed E-state index contributed by atoms with van der Waals surface area (Å²) in [6.45, 7) is 14.1. The molecule has 0 saturated heterocycles. The van der Waals surface area contributed by atoms with Crippen molar-refractivity contribution < 1.29 is 9.13 Å². The maximum atomic E-state index is 15.1. The van der Waals surface area contributed by atoms with Crippen LogP contribution in [0.25, 0.3) is 0 Å². The van der Waals surface area contributed by atoms with Crippen LogP contribution in [0.15, 0.2) is 52.8 Å². The van der Waals surface area contributed by atoms with E-state index in [1.54, 1.807) is 18.0 Å². The second-order valence-corrected chi connectivity index (χ2v) is 9.43. The molecule has 0 aliphatic carbocycles. The van der Waals surface area contributed by atoms with Gasteiger partial charge in [-0.05, 0) is 86.7 Å². The Morgan fingerprint density at radius 3 is 2.65 bits per heavy atom. The standard InChI is InChI=1S/C24H29FN4OS/c1-13-8-11-21-20(12-13)28(7)18(6)29(31-21)23(24-27-26-17(5)30-24)16(4)22-15(3)14(2)9-10-19(22)25/h8-12,16,18,23,26H,5H2,1-4,6-7H3/t16-,18?,23+/m1/s1. The van der Waals surface area contributed by atoms with Gasteiger partial charge in [0.25, 0.3) is 0 Å². The summed E-state index contributed by atoms with van der Waals surface area (Å²) < 4.78 is 23.2. The monoisotopic (exact) mass is 440 g/mol. The average Bonchev–Trinajstić information content (AvgIpc) is 3.15. The molecule has 2 aromatic carbocycles. The molecule has 0 radical (unpaired) electrons. The third kappa shape index (κ3) is 3.81. The van der Waals surface area contributed by atoms with E-state index < -0.39 is 0 Å². The maximum absolute atomic E-state index is 15.1. The molecule has 31 heavy (non-hydrogen) atoms. The molecule has 0 fully saturated rings. The normalized spacial score (nSPS) is 20.6. The van der Waals surface area contributed by atoms with Gasteiger partial charge in [-0.15, -0.1) is 5.10 Å². The van der Waals surface area contributed by atoms with Crippen LogP contribution >= 0.6 is 11.9 Å². The smallest absolute Gasteiger partial charge is 0.233 e. The largest absolute Gasteiger partial charge is 0.422 e. The first-order valence-corrected chi connectivity index (χ1v) is 11.2. The first kappa shape index (κ1) is 21.7. The highest BCUT2D eigenvalue weighted by atomic mass is 32.2. The number of rotatable bonds is 4. The van der Waals surface area contributed by atoms with Gasteiger partial charge in [0.05, 0.1) is 11.9 Å². The molecule has 7 heteroatoms. The molecule has 1 unspecified atom stereocenters. The summed E-state index contributed by atoms with van der Waals surface area (Å²) in [5.74, 6) is 0.473. The van der Waals surface area contributed by atoms with Gasteiger partial charge < -0.3 is 9.64 Å². The molecule has 2 aromatic rings. The van der Waals surface area contributed by atoms with Crippen molar-refractivity contribution in [2.24, 2.45) is 5.10 Å². The summed E-state index contributed by atoms with van der Waals surface area (Å²) >= 11 is 1.66. The Morgan fingerprint density at radius 1 is 1.23 bits per heavy atom. The van der Waals surface area contributed by atoms with Crippen LogP contribution in [0.1, 0.15) is 42.0 Å². The fourth-order valence-electron chi connectivity index (χ4n) is 4.31. The fraction of sp³-hybridized carbons (Fsp3) is 0.375. The highest BCUT2D eigenvalue weighted by molar-refractivity contribution is 7.97. The Balaban J connectivity index is 1.81. The Morgan fingerprint density at radius 2 is 1.97 bits per heavy atom. The number of fused-ring (bicyclic) bond motifs is 1. The number of nitrogens with one attached hydrogen (secondary N) is 1. The lowest BCUT2D eigenvalue weighted by atomic mass is 9.87. The number of hydrogen-bond acceptors (Lipinski definition) is 6. The minimum Gasteiger partial charge on any atom is -0.422 e. The van der Waals surface area contributed by atoms with Crippen LogP contribution < -0.4 is 10.3 Å². The molecule has 0 bridgehead atoms. The SMILES string of the molecule is C=C1NN=C([C@H]([C@H](C)c2c(F)ccc(C)c2C)N2Sc3ccc(C)cc3N(C)C2C)O1. The number of hydrazone groups is 1. The van der Waals surface area contributed by atoms with Crippen LogP contribution in [0.3, 0.4) is 0 Å². The fourth-order valence-corrected chi connectivity index (χ4v) is 5.64. The first-order valence-electron chi connectivity index (χ1n) is 10.4. The molecule has 164 valence electrons. The molecule has 0 saturated carbocycles. The zero-order chi connectivity index (χ0) is 22.4. The summed E-state index contributed by atoms with van der Waals surface area (Å²) in [5, 5.41) is 4.40. The van der Waals surface area contributed by atoms with Crippen molar-refractivity contribution in [3.8, 4) is 0 Å². The molecule has 3 atom stereocenters. The Kier molecular flexibility index (Phi) is 5.75. The van der Waals surface area contributed by atoms with Gasteiger partial charge in [0.15, 0.2) is 0 Å². The third-order valence-corrected chi connectivity index (χ3v) is 7.62. The number of aryl methyl sites for hydroxylation is 2. The van der Waals surface area contributed by atoms with Crippen molar-refractivity contribution in [1.29, 1.82) is 0 Å². The molecule has 4 rings (SSSR count). The highest BCUT2D eigenvalue weighted by Crippen LogP contribution is 2.45. The molecule has 0 amide bonds. The van der Waals surface area contributed by atoms with E-state index in [9.17, 15) is 0 Å². The number of benzene rings is 2. The first-order chi connectivity index (χ1) is 14.7. The van der Waals surface area contributed by atoms with Gasteiger partial charge in [-0.3, -0.25) is 0 Å². The van der Waals surface area contributed by atoms with Gasteiger partial charge >= 0.3 is 0 Å². The Bertz CT molecular complexity index is 1070. The van der Waals surface area contributed by atoms with Crippen molar-refractivity contribution in [1.82, 2.24) is 9.73 Å². The third-order valence-electron chi connectivity index (χ3n) is 6.33. The van der Waals surface area contributed by atoms with Gasteiger partial charge in [0, 0.05) is 17.9 Å². The molecule has 2 aliphatic heterocycles. The van der Waals surface area contributed by atoms with Crippen LogP contribution in [0.4, 0.5) is 10.1 Å². The summed E-state index contributed by atoms with van der Waals surface area (Å²) in [6.07, 6.45) is 0.0279. The molecule has 2 aliphatic rings. The number of anilines is 1. The van der Waals surface area contributed by atoms with Crippen LogP contribution in [-0.4, -0.2) is 29.5 Å². The van der Waals surface area contributed by atoms with Gasteiger partial charge in [0.2, 0.25) is 11.8 Å². The Hall–Kier alpha value is -2.51. The lowest BCUT2D eigenvalue weighted by Gasteiger charge is -2.46. The number of halogens is 1.